The van der Waals surface area contributed by atoms with Crippen LogP contribution in [0.25, 0.3) is 11.2 Å². The molecule has 1 aromatic carbocycles. The number of hydrogen-bond donors (Lipinski definition) is 2. The van der Waals surface area contributed by atoms with Gasteiger partial charge in [-0.1, -0.05) is 30.3 Å². The molecular weight excluding hydrogens is 369 g/mol. The van der Waals surface area contributed by atoms with Crippen LogP contribution in [-0.2, 0) is 14.2 Å². The summed E-state index contributed by atoms with van der Waals surface area (Å²) in [6.07, 6.45) is -2.04. The number of H-pyrrole nitrogens is 1. The summed E-state index contributed by atoms with van der Waals surface area (Å²) in [7, 11) is 0. The van der Waals surface area contributed by atoms with E-state index in [-0.39, 0.29) is 30.3 Å². The number of hydrogen-bond acceptors (Lipinski definition) is 7. The second-order valence-electron chi connectivity index (χ2n) is 6.84. The third-order valence-electron chi connectivity index (χ3n) is 5.10. The molecule has 0 saturated carbocycles. The van der Waals surface area contributed by atoms with E-state index >= 15 is 4.39 Å². The molecule has 146 valence electrons. The van der Waals surface area contributed by atoms with Gasteiger partial charge in [-0.25, -0.2) is 9.37 Å². The maximum absolute atomic E-state index is 15.5. The summed E-state index contributed by atoms with van der Waals surface area (Å²) in [5.41, 5.74) is 6.27. The summed E-state index contributed by atoms with van der Waals surface area (Å²) in [5.74, 6) is -0.0595. The predicted octanol–water partition coefficient (Wildman–Crippen LogP) is 1.09. The number of anilines is 1. The Balaban J connectivity index is 1.45. The molecule has 4 heterocycles. The summed E-state index contributed by atoms with van der Waals surface area (Å²) in [6, 6.07) is 8.59. The normalized spacial score (nSPS) is 30.2. The highest BCUT2D eigenvalue weighted by Crippen LogP contribution is 2.37. The van der Waals surface area contributed by atoms with Gasteiger partial charge in [-0.2, -0.15) is 4.98 Å². The number of halogens is 1. The number of imidazole rings is 1. The molecule has 0 spiro atoms. The van der Waals surface area contributed by atoms with Gasteiger partial charge in [-0.3, -0.25) is 9.78 Å². The maximum atomic E-state index is 15.5. The Labute approximate surface area is 158 Å². The lowest BCUT2D eigenvalue weighted by Gasteiger charge is -2.44. The zero-order valence-corrected chi connectivity index (χ0v) is 14.7. The van der Waals surface area contributed by atoms with Crippen molar-refractivity contribution in [2.45, 2.75) is 30.7 Å². The third-order valence-corrected chi connectivity index (χ3v) is 5.10. The van der Waals surface area contributed by atoms with Crippen LogP contribution in [0, 0.1) is 0 Å². The minimum Gasteiger partial charge on any atom is -0.371 e. The van der Waals surface area contributed by atoms with E-state index in [0.29, 0.717) is 0 Å². The molecule has 2 aliphatic heterocycles. The molecule has 5 rings (SSSR count). The van der Waals surface area contributed by atoms with Crippen molar-refractivity contribution in [3.05, 3.63) is 52.6 Å². The molecule has 10 heteroatoms. The number of rotatable bonds is 2. The summed E-state index contributed by atoms with van der Waals surface area (Å²) < 4.78 is 34.4. The number of nitrogens with one attached hydrogen (secondary N) is 1. The van der Waals surface area contributed by atoms with Crippen LogP contribution in [0.4, 0.5) is 10.3 Å². The van der Waals surface area contributed by atoms with Gasteiger partial charge in [-0.15, -0.1) is 0 Å². The molecule has 2 aliphatic rings. The van der Waals surface area contributed by atoms with E-state index in [9.17, 15) is 4.79 Å². The van der Waals surface area contributed by atoms with E-state index in [1.54, 1.807) is 0 Å². The van der Waals surface area contributed by atoms with E-state index in [1.807, 2.05) is 30.3 Å². The fraction of sp³-hybridized carbons (Fsp3) is 0.389. The fourth-order valence-corrected chi connectivity index (χ4v) is 3.71. The van der Waals surface area contributed by atoms with Gasteiger partial charge in [0, 0.05) is 5.56 Å². The standard InChI is InChI=1S/C18H18FN5O4/c19-12-10(24-8-21-13-15(24)22-18(20)23-16(13)25)6-26-11-7-27-17(28-14(11)12)9-4-2-1-3-5-9/h1-5,8,10-12,14,17H,6-7H2,(H3,20,22,23,25). The van der Waals surface area contributed by atoms with Crippen LogP contribution in [0.5, 0.6) is 0 Å². The van der Waals surface area contributed by atoms with Crippen molar-refractivity contribution in [1.29, 1.82) is 0 Å². The highest BCUT2D eigenvalue weighted by atomic mass is 19.1. The van der Waals surface area contributed by atoms with Crippen molar-refractivity contribution in [2.24, 2.45) is 0 Å². The van der Waals surface area contributed by atoms with Gasteiger partial charge in [0.05, 0.1) is 25.6 Å². The predicted molar refractivity (Wildman–Crippen MR) is 96.2 cm³/mol. The summed E-state index contributed by atoms with van der Waals surface area (Å²) in [6.45, 7) is 0.303. The van der Waals surface area contributed by atoms with Gasteiger partial charge in [-0.05, 0) is 0 Å². The number of nitrogens with two attached hydrogens (primary N) is 1. The number of nitrogens with zero attached hydrogens (tertiary/aromatic N) is 3. The first-order valence-corrected chi connectivity index (χ1v) is 8.92. The summed E-state index contributed by atoms with van der Waals surface area (Å²) >= 11 is 0. The van der Waals surface area contributed by atoms with Crippen LogP contribution >= 0.6 is 0 Å². The lowest BCUT2D eigenvalue weighted by molar-refractivity contribution is -0.298. The molecule has 28 heavy (non-hydrogen) atoms. The van der Waals surface area contributed by atoms with Gasteiger partial charge in [0.15, 0.2) is 23.6 Å². The van der Waals surface area contributed by atoms with Crippen LogP contribution in [0.1, 0.15) is 17.9 Å². The van der Waals surface area contributed by atoms with Crippen molar-refractivity contribution in [2.75, 3.05) is 18.9 Å². The third kappa shape index (κ3) is 2.77. The molecule has 5 unspecified atom stereocenters. The fourth-order valence-electron chi connectivity index (χ4n) is 3.71. The number of benzene rings is 1. The van der Waals surface area contributed by atoms with Crippen molar-refractivity contribution in [1.82, 2.24) is 19.5 Å². The Bertz CT molecular complexity index is 1060. The monoisotopic (exact) mass is 387 g/mol. The minimum absolute atomic E-state index is 0.0595. The highest BCUT2D eigenvalue weighted by Gasteiger charge is 2.47. The SMILES string of the molecule is Nc1nc2c(ncn2C2COC3COC(c4ccccc4)OC3C2F)c(=O)[nH]1. The van der Waals surface area contributed by atoms with Crippen molar-refractivity contribution < 1.29 is 18.6 Å². The Morgan fingerprint density at radius 2 is 2.04 bits per heavy atom. The quantitative estimate of drug-likeness (QED) is 0.676. The van der Waals surface area contributed by atoms with Gasteiger partial charge in [0.25, 0.3) is 5.56 Å². The Morgan fingerprint density at radius 3 is 2.86 bits per heavy atom. The molecule has 9 nitrogen and oxygen atoms in total. The molecule has 2 fully saturated rings. The van der Waals surface area contributed by atoms with Gasteiger partial charge >= 0.3 is 0 Å². The minimum atomic E-state index is -1.41. The van der Waals surface area contributed by atoms with Crippen molar-refractivity contribution in [3.63, 3.8) is 0 Å². The highest BCUT2D eigenvalue weighted by molar-refractivity contribution is 5.70. The number of ether oxygens (including phenoxy) is 3. The largest absolute Gasteiger partial charge is 0.371 e. The number of fused-ring (bicyclic) bond motifs is 2. The molecule has 3 aromatic rings. The molecule has 3 N–H and O–H groups in total. The topological polar surface area (TPSA) is 117 Å². The zero-order chi connectivity index (χ0) is 19.3. The summed E-state index contributed by atoms with van der Waals surface area (Å²) in [4.78, 5) is 22.5. The molecule has 2 saturated heterocycles. The molecule has 2 aromatic heterocycles. The Hall–Kier alpha value is -2.82. The lowest BCUT2D eigenvalue weighted by atomic mass is 9.98. The molecule has 0 aliphatic carbocycles. The number of nitrogen functional groups attached to an aromatic ring is 1. The Morgan fingerprint density at radius 1 is 1.21 bits per heavy atom. The van der Waals surface area contributed by atoms with Crippen LogP contribution in [0.3, 0.4) is 0 Å². The maximum Gasteiger partial charge on any atom is 0.280 e. The van der Waals surface area contributed by atoms with E-state index in [0.717, 1.165) is 5.56 Å². The van der Waals surface area contributed by atoms with E-state index in [1.165, 1.54) is 10.9 Å². The second-order valence-corrected chi connectivity index (χ2v) is 6.84. The average Bonchev–Trinajstić information content (AvgIpc) is 3.13. The lowest BCUT2D eigenvalue weighted by Crippen LogP contribution is -2.54. The summed E-state index contributed by atoms with van der Waals surface area (Å²) in [5, 5.41) is 0. The van der Waals surface area contributed by atoms with E-state index in [4.69, 9.17) is 19.9 Å². The van der Waals surface area contributed by atoms with Crippen LogP contribution < -0.4 is 11.3 Å². The van der Waals surface area contributed by atoms with Crippen LogP contribution in [0.15, 0.2) is 41.5 Å². The van der Waals surface area contributed by atoms with E-state index in [2.05, 4.69) is 15.0 Å². The molecule has 0 amide bonds. The number of aromatic nitrogens is 4. The number of aromatic amines is 1. The first kappa shape index (κ1) is 17.3. The van der Waals surface area contributed by atoms with Crippen LogP contribution in [-0.4, -0.2) is 51.1 Å². The smallest absolute Gasteiger partial charge is 0.280 e. The second kappa shape index (κ2) is 6.66. The van der Waals surface area contributed by atoms with Crippen molar-refractivity contribution >= 4 is 17.1 Å². The average molecular weight is 387 g/mol. The molecule has 5 atom stereocenters. The zero-order valence-electron chi connectivity index (χ0n) is 14.7. The first-order valence-electron chi connectivity index (χ1n) is 8.92. The first-order chi connectivity index (χ1) is 13.6. The Kier molecular flexibility index (Phi) is 4.11. The van der Waals surface area contributed by atoms with Gasteiger partial charge < -0.3 is 24.5 Å². The molecular formula is C18H18FN5O4. The molecule has 0 radical (unpaired) electrons. The van der Waals surface area contributed by atoms with Crippen LogP contribution in [0.2, 0.25) is 0 Å². The van der Waals surface area contributed by atoms with Gasteiger partial charge in [0.2, 0.25) is 5.95 Å². The molecule has 0 bridgehead atoms. The van der Waals surface area contributed by atoms with E-state index < -0.39 is 36.3 Å². The number of alkyl halides is 1. The van der Waals surface area contributed by atoms with Gasteiger partial charge in [0.1, 0.15) is 12.2 Å². The van der Waals surface area contributed by atoms with Crippen molar-refractivity contribution in [3.8, 4) is 0 Å².